The van der Waals surface area contributed by atoms with Gasteiger partial charge in [-0.3, -0.25) is 0 Å². The van der Waals surface area contributed by atoms with Gasteiger partial charge < -0.3 is 10.0 Å². The molecule has 2 rings (SSSR count). The summed E-state index contributed by atoms with van der Waals surface area (Å²) < 4.78 is 0. The highest BCUT2D eigenvalue weighted by molar-refractivity contribution is 4.93. The molecular formula is C10H19NO. The zero-order chi connectivity index (χ0) is 8.44. The van der Waals surface area contributed by atoms with Crippen molar-refractivity contribution in [2.45, 2.75) is 44.1 Å². The third-order valence-corrected chi connectivity index (χ3v) is 3.17. The van der Waals surface area contributed by atoms with Crippen molar-refractivity contribution in [2.24, 2.45) is 0 Å². The summed E-state index contributed by atoms with van der Waals surface area (Å²) in [5, 5.41) is 9.63. The molecule has 0 amide bonds. The molecule has 70 valence electrons. The first-order chi connectivity index (χ1) is 5.79. The Morgan fingerprint density at radius 1 is 1.08 bits per heavy atom. The highest BCUT2D eigenvalue weighted by Gasteiger charge is 2.39. The molecule has 12 heavy (non-hydrogen) atoms. The third kappa shape index (κ3) is 2.20. The average molecular weight is 169 g/mol. The van der Waals surface area contributed by atoms with Crippen molar-refractivity contribution in [3.05, 3.63) is 0 Å². The predicted molar refractivity (Wildman–Crippen MR) is 49.1 cm³/mol. The van der Waals surface area contributed by atoms with Gasteiger partial charge in [-0.2, -0.15) is 0 Å². The van der Waals surface area contributed by atoms with Gasteiger partial charge in [-0.25, -0.2) is 0 Å². The van der Waals surface area contributed by atoms with E-state index in [0.29, 0.717) is 0 Å². The van der Waals surface area contributed by atoms with Crippen LogP contribution in [0.5, 0.6) is 0 Å². The summed E-state index contributed by atoms with van der Waals surface area (Å²) in [6.07, 6.45) is 7.21. The third-order valence-electron chi connectivity index (χ3n) is 3.17. The summed E-state index contributed by atoms with van der Waals surface area (Å²) in [6.45, 7) is 3.64. The fraction of sp³-hybridized carbons (Fsp3) is 1.00. The molecule has 1 aliphatic carbocycles. The van der Waals surface area contributed by atoms with Gasteiger partial charge in [0.1, 0.15) is 0 Å². The maximum atomic E-state index is 9.63. The first-order valence-electron chi connectivity index (χ1n) is 5.23. The highest BCUT2D eigenvalue weighted by atomic mass is 16.3. The SMILES string of the molecule is OC1(CCN2CCCCC2)CC1. The van der Waals surface area contributed by atoms with Gasteiger partial charge in [0.25, 0.3) is 0 Å². The molecule has 1 saturated heterocycles. The summed E-state index contributed by atoms with van der Waals surface area (Å²) in [4.78, 5) is 2.50. The van der Waals surface area contributed by atoms with Gasteiger partial charge in [-0.05, 0) is 45.2 Å². The monoisotopic (exact) mass is 169 g/mol. The zero-order valence-corrected chi connectivity index (χ0v) is 7.76. The number of likely N-dealkylation sites (tertiary alicyclic amines) is 1. The van der Waals surface area contributed by atoms with Crippen LogP contribution in [-0.2, 0) is 0 Å². The van der Waals surface area contributed by atoms with Gasteiger partial charge in [-0.1, -0.05) is 6.42 Å². The molecule has 0 unspecified atom stereocenters. The molecule has 0 spiro atoms. The molecule has 1 heterocycles. The summed E-state index contributed by atoms with van der Waals surface area (Å²) in [5.74, 6) is 0. The van der Waals surface area contributed by atoms with Crippen LogP contribution in [0.2, 0.25) is 0 Å². The van der Waals surface area contributed by atoms with E-state index in [0.717, 1.165) is 25.8 Å². The molecule has 2 aliphatic rings. The molecule has 1 N–H and O–H groups in total. The Morgan fingerprint density at radius 3 is 2.33 bits per heavy atom. The molecule has 2 heteroatoms. The Labute approximate surface area is 74.6 Å². The van der Waals surface area contributed by atoms with Crippen LogP contribution in [0.1, 0.15) is 38.5 Å². The van der Waals surface area contributed by atoms with Crippen molar-refractivity contribution in [3.8, 4) is 0 Å². The molecule has 0 aromatic heterocycles. The van der Waals surface area contributed by atoms with E-state index in [4.69, 9.17) is 0 Å². The van der Waals surface area contributed by atoms with Crippen molar-refractivity contribution in [3.63, 3.8) is 0 Å². The van der Waals surface area contributed by atoms with Gasteiger partial charge in [0.15, 0.2) is 0 Å². The van der Waals surface area contributed by atoms with E-state index in [1.165, 1.54) is 32.4 Å². The van der Waals surface area contributed by atoms with Crippen LogP contribution in [0.3, 0.4) is 0 Å². The van der Waals surface area contributed by atoms with Crippen molar-refractivity contribution in [1.29, 1.82) is 0 Å². The fourth-order valence-corrected chi connectivity index (χ4v) is 1.94. The molecule has 2 nitrogen and oxygen atoms in total. The Morgan fingerprint density at radius 2 is 1.75 bits per heavy atom. The maximum Gasteiger partial charge on any atom is 0.0662 e. The number of hydrogen-bond donors (Lipinski definition) is 1. The van der Waals surface area contributed by atoms with E-state index in [2.05, 4.69) is 4.90 Å². The van der Waals surface area contributed by atoms with Crippen LogP contribution >= 0.6 is 0 Å². The lowest BCUT2D eigenvalue weighted by Gasteiger charge is -2.27. The smallest absolute Gasteiger partial charge is 0.0662 e. The van der Waals surface area contributed by atoms with E-state index in [1.807, 2.05) is 0 Å². The van der Waals surface area contributed by atoms with Crippen molar-refractivity contribution in [1.82, 2.24) is 4.90 Å². The van der Waals surface area contributed by atoms with Crippen LogP contribution < -0.4 is 0 Å². The quantitative estimate of drug-likeness (QED) is 0.690. The predicted octanol–water partition coefficient (Wildman–Crippen LogP) is 1.39. The summed E-state index contributed by atoms with van der Waals surface area (Å²) in [7, 11) is 0. The van der Waals surface area contributed by atoms with Crippen molar-refractivity contribution < 1.29 is 5.11 Å². The second-order valence-electron chi connectivity index (χ2n) is 4.38. The van der Waals surface area contributed by atoms with Gasteiger partial charge in [0.05, 0.1) is 5.60 Å². The van der Waals surface area contributed by atoms with Gasteiger partial charge in [0.2, 0.25) is 0 Å². The number of hydrogen-bond acceptors (Lipinski definition) is 2. The second-order valence-corrected chi connectivity index (χ2v) is 4.38. The van der Waals surface area contributed by atoms with Crippen molar-refractivity contribution >= 4 is 0 Å². The van der Waals surface area contributed by atoms with Gasteiger partial charge in [0, 0.05) is 6.54 Å². The zero-order valence-electron chi connectivity index (χ0n) is 7.76. The van der Waals surface area contributed by atoms with Crippen LogP contribution in [0.15, 0.2) is 0 Å². The Balaban J connectivity index is 1.65. The van der Waals surface area contributed by atoms with E-state index >= 15 is 0 Å². The molecule has 0 radical (unpaired) electrons. The molecule has 1 saturated carbocycles. The van der Waals surface area contributed by atoms with Crippen LogP contribution in [-0.4, -0.2) is 35.2 Å². The minimum Gasteiger partial charge on any atom is -0.390 e. The number of nitrogens with zero attached hydrogens (tertiary/aromatic N) is 1. The largest absolute Gasteiger partial charge is 0.390 e. The summed E-state index contributed by atoms with van der Waals surface area (Å²) in [5.41, 5.74) is -0.239. The normalized spacial score (nSPS) is 28.8. The first kappa shape index (κ1) is 8.52. The number of piperidine rings is 1. The van der Waals surface area contributed by atoms with Crippen LogP contribution in [0.25, 0.3) is 0 Å². The first-order valence-corrected chi connectivity index (χ1v) is 5.23. The fourth-order valence-electron chi connectivity index (χ4n) is 1.94. The average Bonchev–Trinajstić information content (AvgIpc) is 2.84. The molecule has 0 aromatic carbocycles. The van der Waals surface area contributed by atoms with E-state index in [1.54, 1.807) is 0 Å². The minimum atomic E-state index is -0.239. The Kier molecular flexibility index (Phi) is 2.37. The Hall–Kier alpha value is -0.0800. The molecule has 0 atom stereocenters. The second kappa shape index (κ2) is 3.35. The van der Waals surface area contributed by atoms with Crippen LogP contribution in [0.4, 0.5) is 0 Å². The van der Waals surface area contributed by atoms with E-state index in [-0.39, 0.29) is 5.60 Å². The lowest BCUT2D eigenvalue weighted by Crippen LogP contribution is -2.32. The van der Waals surface area contributed by atoms with Gasteiger partial charge in [-0.15, -0.1) is 0 Å². The molecule has 0 aromatic rings. The number of rotatable bonds is 3. The highest BCUT2D eigenvalue weighted by Crippen LogP contribution is 2.38. The lowest BCUT2D eigenvalue weighted by atomic mass is 10.1. The standard InChI is InChI=1S/C10H19NO/c12-10(4-5-10)6-9-11-7-2-1-3-8-11/h12H,1-9H2. The van der Waals surface area contributed by atoms with Crippen molar-refractivity contribution in [2.75, 3.05) is 19.6 Å². The summed E-state index contributed by atoms with van der Waals surface area (Å²) in [6, 6.07) is 0. The maximum absolute atomic E-state index is 9.63. The summed E-state index contributed by atoms with van der Waals surface area (Å²) >= 11 is 0. The molecular weight excluding hydrogens is 150 g/mol. The molecule has 1 aliphatic heterocycles. The minimum absolute atomic E-state index is 0.239. The van der Waals surface area contributed by atoms with E-state index in [9.17, 15) is 5.11 Å². The lowest BCUT2D eigenvalue weighted by molar-refractivity contribution is 0.113. The topological polar surface area (TPSA) is 23.5 Å². The molecule has 0 bridgehead atoms. The molecule has 2 fully saturated rings. The van der Waals surface area contributed by atoms with E-state index < -0.39 is 0 Å². The van der Waals surface area contributed by atoms with Gasteiger partial charge >= 0.3 is 0 Å². The van der Waals surface area contributed by atoms with Crippen LogP contribution in [0, 0.1) is 0 Å². The number of aliphatic hydroxyl groups is 1. The Bertz CT molecular complexity index is 148.